The van der Waals surface area contributed by atoms with Crippen LogP contribution in [0, 0.1) is 0 Å². The molecule has 0 aliphatic heterocycles. The lowest BCUT2D eigenvalue weighted by Crippen LogP contribution is -1.98. The number of unbranched alkanes of at least 4 members (excludes halogenated alkanes) is 11. The van der Waals surface area contributed by atoms with Crippen LogP contribution in [0.2, 0.25) is 0 Å². The van der Waals surface area contributed by atoms with Crippen LogP contribution in [0.25, 0.3) is 0 Å². The minimum Gasteiger partial charge on any atom is -0.507 e. The van der Waals surface area contributed by atoms with Crippen molar-refractivity contribution >= 4 is 0 Å². The predicted molar refractivity (Wildman–Crippen MR) is 101 cm³/mol. The van der Waals surface area contributed by atoms with Crippen molar-refractivity contribution in [2.45, 2.75) is 96.9 Å². The molecule has 0 saturated heterocycles. The Labute approximate surface area is 143 Å². The van der Waals surface area contributed by atoms with E-state index in [1.54, 1.807) is 0 Å². The Hall–Kier alpha value is -1.02. The minimum atomic E-state index is 0.415. The Morgan fingerprint density at radius 2 is 1.22 bits per heavy atom. The van der Waals surface area contributed by atoms with Crippen LogP contribution < -0.4 is 5.73 Å². The normalized spacial score (nSPS) is 11.0. The first-order valence-corrected chi connectivity index (χ1v) is 9.79. The zero-order chi connectivity index (χ0) is 16.8. The second-order valence-corrected chi connectivity index (χ2v) is 6.77. The van der Waals surface area contributed by atoms with Crippen LogP contribution in [0.3, 0.4) is 0 Å². The third kappa shape index (κ3) is 9.00. The number of hydrogen-bond donors (Lipinski definition) is 2. The van der Waals surface area contributed by atoms with Gasteiger partial charge in [-0.05, 0) is 18.4 Å². The van der Waals surface area contributed by atoms with Gasteiger partial charge in [0.15, 0.2) is 0 Å². The number of rotatable bonds is 14. The summed E-state index contributed by atoms with van der Waals surface area (Å²) in [6.45, 7) is 2.69. The van der Waals surface area contributed by atoms with Gasteiger partial charge in [0.05, 0.1) is 0 Å². The first kappa shape index (κ1) is 20.0. The molecule has 0 aliphatic carbocycles. The van der Waals surface area contributed by atoms with Gasteiger partial charge in [-0.25, -0.2) is 0 Å². The van der Waals surface area contributed by atoms with E-state index in [0.29, 0.717) is 12.3 Å². The van der Waals surface area contributed by atoms with E-state index in [2.05, 4.69) is 6.92 Å². The Morgan fingerprint density at radius 3 is 1.74 bits per heavy atom. The van der Waals surface area contributed by atoms with Crippen LogP contribution in [-0.4, -0.2) is 5.11 Å². The summed E-state index contributed by atoms with van der Waals surface area (Å²) in [5.74, 6) is 0.415. The van der Waals surface area contributed by atoms with E-state index in [-0.39, 0.29) is 0 Å². The molecule has 0 aliphatic rings. The number of hydrogen-bond acceptors (Lipinski definition) is 2. The standard InChI is InChI=1S/C21H37NO/c1-2-3-4-5-6-7-8-9-10-11-12-13-15-19-16-14-17-20(18-22)21(19)23/h14,16-17,23H,2-13,15,18,22H2,1H3. The lowest BCUT2D eigenvalue weighted by atomic mass is 10.0. The molecular formula is C21H37NO. The highest BCUT2D eigenvalue weighted by Gasteiger charge is 2.05. The van der Waals surface area contributed by atoms with Gasteiger partial charge >= 0.3 is 0 Å². The van der Waals surface area contributed by atoms with E-state index in [1.807, 2.05) is 18.2 Å². The van der Waals surface area contributed by atoms with E-state index in [9.17, 15) is 5.11 Å². The molecule has 1 rings (SSSR count). The SMILES string of the molecule is CCCCCCCCCCCCCCc1cccc(CN)c1O. The van der Waals surface area contributed by atoms with Gasteiger partial charge in [0.2, 0.25) is 0 Å². The summed E-state index contributed by atoms with van der Waals surface area (Å²) in [4.78, 5) is 0. The molecule has 0 unspecified atom stereocenters. The van der Waals surface area contributed by atoms with Gasteiger partial charge in [-0.15, -0.1) is 0 Å². The van der Waals surface area contributed by atoms with Crippen molar-refractivity contribution in [1.29, 1.82) is 0 Å². The first-order chi connectivity index (χ1) is 11.3. The van der Waals surface area contributed by atoms with Gasteiger partial charge in [0.1, 0.15) is 5.75 Å². The highest BCUT2D eigenvalue weighted by atomic mass is 16.3. The van der Waals surface area contributed by atoms with Crippen molar-refractivity contribution in [2.75, 3.05) is 0 Å². The van der Waals surface area contributed by atoms with Crippen LogP contribution in [0.5, 0.6) is 5.75 Å². The Morgan fingerprint density at radius 1 is 0.739 bits per heavy atom. The molecule has 0 aromatic heterocycles. The van der Waals surface area contributed by atoms with Gasteiger partial charge in [0.25, 0.3) is 0 Å². The summed E-state index contributed by atoms with van der Waals surface area (Å²) >= 11 is 0. The summed E-state index contributed by atoms with van der Waals surface area (Å²) in [7, 11) is 0. The summed E-state index contributed by atoms with van der Waals surface area (Å²) < 4.78 is 0. The zero-order valence-electron chi connectivity index (χ0n) is 15.2. The lowest BCUT2D eigenvalue weighted by Gasteiger charge is -2.08. The Balaban J connectivity index is 1.96. The molecule has 2 heteroatoms. The van der Waals surface area contributed by atoms with Gasteiger partial charge < -0.3 is 10.8 Å². The number of aromatic hydroxyl groups is 1. The number of phenolic OH excluding ortho intramolecular Hbond substituents is 1. The summed E-state index contributed by atoms with van der Waals surface area (Å²) in [5.41, 5.74) is 7.55. The molecule has 0 heterocycles. The number of phenols is 1. The molecule has 0 atom stereocenters. The van der Waals surface area contributed by atoms with E-state index >= 15 is 0 Å². The maximum Gasteiger partial charge on any atom is 0.123 e. The number of para-hydroxylation sites is 1. The monoisotopic (exact) mass is 319 g/mol. The molecule has 0 spiro atoms. The molecule has 0 amide bonds. The molecule has 0 bridgehead atoms. The van der Waals surface area contributed by atoms with Crippen molar-refractivity contribution in [2.24, 2.45) is 5.73 Å². The molecule has 0 fully saturated rings. The van der Waals surface area contributed by atoms with Gasteiger partial charge in [-0.2, -0.15) is 0 Å². The predicted octanol–water partition coefficient (Wildman–Crippen LogP) is 6.09. The van der Waals surface area contributed by atoms with Gasteiger partial charge in [-0.1, -0.05) is 95.8 Å². The fraction of sp³-hybridized carbons (Fsp3) is 0.714. The fourth-order valence-corrected chi connectivity index (χ4v) is 3.17. The lowest BCUT2D eigenvalue weighted by molar-refractivity contribution is 0.459. The Bertz CT molecular complexity index is 403. The minimum absolute atomic E-state index is 0.415. The van der Waals surface area contributed by atoms with Gasteiger partial charge in [0, 0.05) is 12.1 Å². The van der Waals surface area contributed by atoms with Gasteiger partial charge in [-0.3, -0.25) is 0 Å². The van der Waals surface area contributed by atoms with Crippen molar-refractivity contribution in [3.8, 4) is 5.75 Å². The quantitative estimate of drug-likeness (QED) is 0.407. The van der Waals surface area contributed by atoms with E-state index in [0.717, 1.165) is 17.5 Å². The van der Waals surface area contributed by atoms with Crippen molar-refractivity contribution in [3.63, 3.8) is 0 Å². The molecule has 132 valence electrons. The highest BCUT2D eigenvalue weighted by Crippen LogP contribution is 2.24. The number of aryl methyl sites for hydroxylation is 1. The largest absolute Gasteiger partial charge is 0.507 e. The van der Waals surface area contributed by atoms with Crippen LogP contribution in [0.4, 0.5) is 0 Å². The highest BCUT2D eigenvalue weighted by molar-refractivity contribution is 5.40. The van der Waals surface area contributed by atoms with Crippen molar-refractivity contribution in [3.05, 3.63) is 29.3 Å². The average Bonchev–Trinajstić information content (AvgIpc) is 2.57. The summed E-state index contributed by atoms with van der Waals surface area (Å²) in [6, 6.07) is 5.92. The van der Waals surface area contributed by atoms with E-state index in [4.69, 9.17) is 5.73 Å². The maximum atomic E-state index is 10.1. The molecule has 1 aromatic rings. The van der Waals surface area contributed by atoms with E-state index < -0.39 is 0 Å². The average molecular weight is 320 g/mol. The number of benzene rings is 1. The molecule has 0 radical (unpaired) electrons. The second kappa shape index (κ2) is 13.4. The smallest absolute Gasteiger partial charge is 0.123 e. The van der Waals surface area contributed by atoms with Crippen LogP contribution in [0.15, 0.2) is 18.2 Å². The van der Waals surface area contributed by atoms with Crippen LogP contribution in [0.1, 0.15) is 95.1 Å². The second-order valence-electron chi connectivity index (χ2n) is 6.77. The summed E-state index contributed by atoms with van der Waals surface area (Å²) in [5, 5.41) is 10.1. The molecule has 1 aromatic carbocycles. The zero-order valence-corrected chi connectivity index (χ0v) is 15.2. The molecular weight excluding hydrogens is 282 g/mol. The molecule has 2 nitrogen and oxygen atoms in total. The number of nitrogens with two attached hydrogens (primary N) is 1. The van der Waals surface area contributed by atoms with Crippen LogP contribution in [-0.2, 0) is 13.0 Å². The topological polar surface area (TPSA) is 46.2 Å². The molecule has 0 saturated carbocycles. The third-order valence-electron chi connectivity index (χ3n) is 4.72. The third-order valence-corrected chi connectivity index (χ3v) is 4.72. The molecule has 23 heavy (non-hydrogen) atoms. The molecule has 3 N–H and O–H groups in total. The van der Waals surface area contributed by atoms with Crippen LogP contribution >= 0.6 is 0 Å². The summed E-state index contributed by atoms with van der Waals surface area (Å²) in [6.07, 6.45) is 17.3. The Kier molecular flexibility index (Phi) is 11.7. The maximum absolute atomic E-state index is 10.1. The van der Waals surface area contributed by atoms with Crippen molar-refractivity contribution in [1.82, 2.24) is 0 Å². The van der Waals surface area contributed by atoms with Crippen molar-refractivity contribution < 1.29 is 5.11 Å². The van der Waals surface area contributed by atoms with E-state index in [1.165, 1.54) is 77.0 Å². The fourth-order valence-electron chi connectivity index (χ4n) is 3.17. The first-order valence-electron chi connectivity index (χ1n) is 9.79.